The van der Waals surface area contributed by atoms with Crippen LogP contribution >= 0.6 is 0 Å². The number of methoxy groups -OCH3 is 1. The summed E-state index contributed by atoms with van der Waals surface area (Å²) in [5.41, 5.74) is 9.46. The molecule has 1 amide bonds. The average Bonchev–Trinajstić information content (AvgIpc) is 3.94. The van der Waals surface area contributed by atoms with E-state index in [2.05, 4.69) is 96.9 Å². The van der Waals surface area contributed by atoms with Gasteiger partial charge in [0.2, 0.25) is 0 Å². The fourth-order valence-electron chi connectivity index (χ4n) is 7.72. The lowest BCUT2D eigenvalue weighted by atomic mass is 9.90. The number of carbonyl (C=O) groups is 1. The number of hydrogen-bond acceptors (Lipinski definition) is 6. The molecule has 2 N–H and O–H groups in total. The van der Waals surface area contributed by atoms with Crippen molar-refractivity contribution >= 4 is 11.7 Å². The first-order valence-corrected chi connectivity index (χ1v) is 17.9. The van der Waals surface area contributed by atoms with Gasteiger partial charge in [-0.15, -0.1) is 0 Å². The third-order valence-corrected chi connectivity index (χ3v) is 10.5. The van der Waals surface area contributed by atoms with Crippen LogP contribution in [0.1, 0.15) is 61.7 Å². The molecule has 3 aliphatic rings. The van der Waals surface area contributed by atoms with Gasteiger partial charge in [0.15, 0.2) is 6.10 Å². The van der Waals surface area contributed by atoms with Crippen molar-refractivity contribution in [2.45, 2.75) is 63.3 Å². The number of likely N-dealkylation sites (N-methyl/N-ethyl adjacent to an activating group) is 1. The summed E-state index contributed by atoms with van der Waals surface area (Å²) in [6.07, 6.45) is 10.8. The molecule has 0 spiro atoms. The standard InChI is InChI=1S/C42H48N6O2/c1-28-11-8-9-14-34(28)38(47(2)3)25-39-43-26-35(45-39)31-20-16-29(17-21-31)30-18-22-32(23-19-30)36-27-44-41(46-36)37-15-10-24-48(37)42(49)40(50-4)33-12-6-5-7-13-33/h5-8,11-13,16-23,26,36-38,40H,9-10,14-15,24-25,27H2,1-4H3,(H,43,45)(H,44,46). The zero-order chi connectivity index (χ0) is 34.6. The molecule has 1 fully saturated rings. The fraction of sp³-hybridized carbons (Fsp3) is 0.357. The van der Waals surface area contributed by atoms with Crippen molar-refractivity contribution in [2.24, 2.45) is 4.99 Å². The van der Waals surface area contributed by atoms with Crippen molar-refractivity contribution in [3.63, 3.8) is 0 Å². The molecule has 1 aromatic heterocycles. The second-order valence-electron chi connectivity index (χ2n) is 13.9. The van der Waals surface area contributed by atoms with E-state index in [1.54, 1.807) is 7.11 Å². The molecule has 3 heterocycles. The van der Waals surface area contributed by atoms with Gasteiger partial charge in [-0.3, -0.25) is 9.79 Å². The van der Waals surface area contributed by atoms with E-state index in [9.17, 15) is 4.79 Å². The predicted octanol–water partition coefficient (Wildman–Crippen LogP) is 7.30. The minimum absolute atomic E-state index is 0.00377. The number of likely N-dealkylation sites (tertiary alicyclic amines) is 1. The number of aromatic amines is 1. The largest absolute Gasteiger partial charge is 0.367 e. The van der Waals surface area contributed by atoms with Gasteiger partial charge in [-0.2, -0.15) is 0 Å². The number of imidazole rings is 1. The summed E-state index contributed by atoms with van der Waals surface area (Å²) < 4.78 is 5.67. The molecular weight excluding hydrogens is 621 g/mol. The molecule has 50 heavy (non-hydrogen) atoms. The molecule has 0 radical (unpaired) electrons. The van der Waals surface area contributed by atoms with E-state index in [1.165, 1.54) is 27.8 Å². The molecule has 3 aromatic carbocycles. The maximum atomic E-state index is 13.6. The van der Waals surface area contributed by atoms with Gasteiger partial charge in [0.05, 0.1) is 30.5 Å². The zero-order valence-electron chi connectivity index (χ0n) is 29.6. The number of nitrogens with zero attached hydrogens (tertiary/aromatic N) is 4. The number of hydrogen-bond donors (Lipinski definition) is 2. The molecule has 1 aliphatic carbocycles. The number of aliphatic imine (C=N–C) groups is 1. The summed E-state index contributed by atoms with van der Waals surface area (Å²) in [6.45, 7) is 3.59. The number of amidine groups is 1. The molecule has 1 saturated heterocycles. The highest BCUT2D eigenvalue weighted by Crippen LogP contribution is 2.31. The summed E-state index contributed by atoms with van der Waals surface area (Å²) in [5.74, 6) is 1.91. The second-order valence-corrected chi connectivity index (χ2v) is 13.9. The maximum absolute atomic E-state index is 13.6. The minimum atomic E-state index is -0.611. The Labute approximate surface area is 296 Å². The summed E-state index contributed by atoms with van der Waals surface area (Å²) in [6, 6.07) is 27.5. The minimum Gasteiger partial charge on any atom is -0.367 e. The van der Waals surface area contributed by atoms with E-state index in [0.717, 1.165) is 60.6 Å². The zero-order valence-corrected chi connectivity index (χ0v) is 29.6. The van der Waals surface area contributed by atoms with E-state index in [0.29, 0.717) is 19.1 Å². The number of rotatable bonds is 11. The van der Waals surface area contributed by atoms with E-state index in [1.807, 2.05) is 41.4 Å². The van der Waals surface area contributed by atoms with Crippen molar-refractivity contribution in [3.05, 3.63) is 125 Å². The number of carbonyl (C=O) groups excluding carboxylic acids is 1. The van der Waals surface area contributed by atoms with Crippen LogP contribution in [0.5, 0.6) is 0 Å². The molecule has 258 valence electrons. The normalized spacial score (nSPS) is 20.3. The Morgan fingerprint density at radius 1 is 1.00 bits per heavy atom. The smallest absolute Gasteiger partial charge is 0.256 e. The van der Waals surface area contributed by atoms with Gasteiger partial charge in [0, 0.05) is 26.1 Å². The molecule has 8 heteroatoms. The summed E-state index contributed by atoms with van der Waals surface area (Å²) in [7, 11) is 5.92. The highest BCUT2D eigenvalue weighted by Gasteiger charge is 2.38. The number of amides is 1. The van der Waals surface area contributed by atoms with Gasteiger partial charge < -0.3 is 24.8 Å². The molecule has 4 aromatic rings. The second kappa shape index (κ2) is 15.0. The maximum Gasteiger partial charge on any atom is 0.256 e. The van der Waals surface area contributed by atoms with Crippen LogP contribution < -0.4 is 5.32 Å². The van der Waals surface area contributed by atoms with Crippen LogP contribution in [0.25, 0.3) is 22.4 Å². The van der Waals surface area contributed by atoms with Gasteiger partial charge in [0.1, 0.15) is 11.7 Å². The molecule has 4 unspecified atom stereocenters. The first kappa shape index (κ1) is 33.7. The molecule has 0 saturated carbocycles. The van der Waals surface area contributed by atoms with E-state index in [-0.39, 0.29) is 18.0 Å². The quantitative estimate of drug-likeness (QED) is 0.175. The topological polar surface area (TPSA) is 85.8 Å². The highest BCUT2D eigenvalue weighted by atomic mass is 16.5. The lowest BCUT2D eigenvalue weighted by Gasteiger charge is -2.29. The van der Waals surface area contributed by atoms with Crippen LogP contribution in [-0.2, 0) is 16.0 Å². The first-order chi connectivity index (χ1) is 24.4. The van der Waals surface area contributed by atoms with E-state index < -0.39 is 6.10 Å². The van der Waals surface area contributed by atoms with Crippen molar-refractivity contribution in [2.75, 3.05) is 34.3 Å². The number of allylic oxidation sites excluding steroid dienone is 3. The van der Waals surface area contributed by atoms with E-state index in [4.69, 9.17) is 14.7 Å². The third-order valence-electron chi connectivity index (χ3n) is 10.5. The predicted molar refractivity (Wildman–Crippen MR) is 201 cm³/mol. The summed E-state index contributed by atoms with van der Waals surface area (Å²) in [4.78, 5) is 31.1. The van der Waals surface area contributed by atoms with Crippen LogP contribution in [0.2, 0.25) is 0 Å². The molecule has 7 rings (SSSR count). The Hall–Kier alpha value is -4.79. The lowest BCUT2D eigenvalue weighted by molar-refractivity contribution is -0.142. The summed E-state index contributed by atoms with van der Waals surface area (Å²) >= 11 is 0. The van der Waals surface area contributed by atoms with Crippen molar-refractivity contribution < 1.29 is 9.53 Å². The van der Waals surface area contributed by atoms with Crippen LogP contribution in [0.15, 0.2) is 113 Å². The van der Waals surface area contributed by atoms with Crippen molar-refractivity contribution in [1.82, 2.24) is 25.1 Å². The first-order valence-electron chi connectivity index (χ1n) is 17.9. The third kappa shape index (κ3) is 7.09. The Balaban J connectivity index is 0.971. The van der Waals surface area contributed by atoms with E-state index >= 15 is 0 Å². The number of benzene rings is 3. The average molecular weight is 669 g/mol. The molecule has 4 atom stereocenters. The van der Waals surface area contributed by atoms with Gasteiger partial charge in [-0.25, -0.2) is 4.98 Å². The summed E-state index contributed by atoms with van der Waals surface area (Å²) in [5, 5.41) is 3.65. The van der Waals surface area contributed by atoms with Crippen LogP contribution in [-0.4, -0.2) is 77.9 Å². The van der Waals surface area contributed by atoms with Crippen LogP contribution in [0, 0.1) is 0 Å². The van der Waals surface area contributed by atoms with Gasteiger partial charge in [0.25, 0.3) is 5.91 Å². The van der Waals surface area contributed by atoms with Gasteiger partial charge >= 0.3 is 0 Å². The van der Waals surface area contributed by atoms with Crippen LogP contribution in [0.3, 0.4) is 0 Å². The fourth-order valence-corrected chi connectivity index (χ4v) is 7.72. The Kier molecular flexibility index (Phi) is 10.1. The Morgan fingerprint density at radius 2 is 1.72 bits per heavy atom. The van der Waals surface area contributed by atoms with Gasteiger partial charge in [-0.05, 0) is 80.1 Å². The van der Waals surface area contributed by atoms with Crippen LogP contribution in [0.4, 0.5) is 0 Å². The molecule has 8 nitrogen and oxygen atoms in total. The molecule has 0 bridgehead atoms. The molecule has 2 aliphatic heterocycles. The molecular formula is C42H48N6O2. The van der Waals surface area contributed by atoms with Crippen molar-refractivity contribution in [3.8, 4) is 22.4 Å². The Morgan fingerprint density at radius 3 is 2.42 bits per heavy atom. The lowest BCUT2D eigenvalue weighted by Crippen LogP contribution is -2.46. The number of nitrogens with one attached hydrogen (secondary N) is 2. The van der Waals surface area contributed by atoms with Crippen molar-refractivity contribution in [1.29, 1.82) is 0 Å². The van der Waals surface area contributed by atoms with Gasteiger partial charge in [-0.1, -0.05) is 96.6 Å². The number of H-pyrrole nitrogens is 1. The monoisotopic (exact) mass is 668 g/mol. The Bertz CT molecular complexity index is 1870. The SMILES string of the molecule is COC(C(=O)N1CCCC1C1=NCC(c2ccc(-c3ccc(-c4cnc(CC(C5=C(C)C=CCC5)N(C)C)[nH]4)cc3)cc2)N1)c1ccccc1. The number of ether oxygens (including phenoxy) is 1. The highest BCUT2D eigenvalue weighted by molar-refractivity contribution is 5.94. The number of aromatic nitrogens is 2.